The van der Waals surface area contributed by atoms with Crippen LogP contribution in [0.15, 0.2) is 48.5 Å². The van der Waals surface area contributed by atoms with Gasteiger partial charge in [-0.3, -0.25) is 0 Å². The number of aromatic nitrogens is 2. The number of hydrogen-bond donors (Lipinski definition) is 2. The van der Waals surface area contributed by atoms with Gasteiger partial charge in [0.25, 0.3) is 0 Å². The Balaban J connectivity index is 1.69. The molecule has 0 aliphatic heterocycles. The van der Waals surface area contributed by atoms with E-state index in [0.717, 1.165) is 22.4 Å². The van der Waals surface area contributed by atoms with Crippen LogP contribution in [0.5, 0.6) is 0 Å². The van der Waals surface area contributed by atoms with E-state index in [-0.39, 0.29) is 11.9 Å². The van der Waals surface area contributed by atoms with Crippen LogP contribution in [0.3, 0.4) is 0 Å². The van der Waals surface area contributed by atoms with Crippen molar-refractivity contribution in [3.63, 3.8) is 0 Å². The van der Waals surface area contributed by atoms with Crippen LogP contribution in [-0.2, 0) is 6.54 Å². The minimum Gasteiger partial charge on any atom is -0.341 e. The summed E-state index contributed by atoms with van der Waals surface area (Å²) in [4.78, 5) is 7.77. The molecule has 2 N–H and O–H groups in total. The van der Waals surface area contributed by atoms with Crippen LogP contribution < -0.4 is 5.32 Å². The van der Waals surface area contributed by atoms with Crippen LogP contribution in [0.1, 0.15) is 24.4 Å². The van der Waals surface area contributed by atoms with E-state index < -0.39 is 0 Å². The standard InChI is InChI=1S/C16H16FN3/c1-11(12-5-4-6-13(17)9-12)18-10-16-19-14-7-2-3-8-15(14)20-16/h2-9,11,18H,10H2,1H3,(H,19,20). The molecule has 3 nitrogen and oxygen atoms in total. The fourth-order valence-electron chi connectivity index (χ4n) is 2.23. The molecule has 0 saturated heterocycles. The Kier molecular flexibility index (Phi) is 3.48. The number of halogens is 1. The topological polar surface area (TPSA) is 40.7 Å². The van der Waals surface area contributed by atoms with E-state index in [1.165, 1.54) is 6.07 Å². The summed E-state index contributed by atoms with van der Waals surface area (Å²) in [5, 5.41) is 3.34. The van der Waals surface area contributed by atoms with Gasteiger partial charge in [0.05, 0.1) is 17.6 Å². The number of rotatable bonds is 4. The Morgan fingerprint density at radius 3 is 2.85 bits per heavy atom. The highest BCUT2D eigenvalue weighted by molar-refractivity contribution is 5.74. The van der Waals surface area contributed by atoms with E-state index in [1.807, 2.05) is 37.3 Å². The summed E-state index contributed by atoms with van der Waals surface area (Å²) in [6.45, 7) is 2.63. The second kappa shape index (κ2) is 5.43. The van der Waals surface area contributed by atoms with Gasteiger partial charge in [0.15, 0.2) is 0 Å². The lowest BCUT2D eigenvalue weighted by Gasteiger charge is -2.13. The molecule has 20 heavy (non-hydrogen) atoms. The first-order valence-electron chi connectivity index (χ1n) is 6.65. The van der Waals surface area contributed by atoms with Gasteiger partial charge >= 0.3 is 0 Å². The number of aromatic amines is 1. The summed E-state index contributed by atoms with van der Waals surface area (Å²) >= 11 is 0. The maximum atomic E-state index is 13.2. The van der Waals surface area contributed by atoms with Gasteiger partial charge in [-0.1, -0.05) is 24.3 Å². The van der Waals surface area contributed by atoms with Crippen LogP contribution in [0.4, 0.5) is 4.39 Å². The normalized spacial score (nSPS) is 12.7. The second-order valence-electron chi connectivity index (χ2n) is 4.86. The molecule has 1 atom stereocenters. The molecule has 4 heteroatoms. The largest absolute Gasteiger partial charge is 0.341 e. The molecule has 1 unspecified atom stereocenters. The van der Waals surface area contributed by atoms with Gasteiger partial charge in [-0.25, -0.2) is 9.37 Å². The van der Waals surface area contributed by atoms with Crippen molar-refractivity contribution in [1.29, 1.82) is 0 Å². The van der Waals surface area contributed by atoms with Gasteiger partial charge in [0.2, 0.25) is 0 Å². The van der Waals surface area contributed by atoms with Crippen LogP contribution in [0.25, 0.3) is 11.0 Å². The Morgan fingerprint density at radius 2 is 2.05 bits per heavy atom. The zero-order chi connectivity index (χ0) is 13.9. The molecule has 0 spiro atoms. The second-order valence-corrected chi connectivity index (χ2v) is 4.86. The summed E-state index contributed by atoms with van der Waals surface area (Å²) in [7, 11) is 0. The van der Waals surface area contributed by atoms with Gasteiger partial charge < -0.3 is 10.3 Å². The molecule has 0 aliphatic carbocycles. The lowest BCUT2D eigenvalue weighted by atomic mass is 10.1. The van der Waals surface area contributed by atoms with Crippen molar-refractivity contribution >= 4 is 11.0 Å². The fourth-order valence-corrected chi connectivity index (χ4v) is 2.23. The number of hydrogen-bond acceptors (Lipinski definition) is 2. The summed E-state index contributed by atoms with van der Waals surface area (Å²) in [6, 6.07) is 14.6. The minimum absolute atomic E-state index is 0.0684. The Morgan fingerprint density at radius 1 is 1.20 bits per heavy atom. The van der Waals surface area contributed by atoms with E-state index in [4.69, 9.17) is 0 Å². The first kappa shape index (κ1) is 12.8. The SMILES string of the molecule is CC(NCc1nc2ccccc2[nH]1)c1cccc(F)c1. The molecule has 0 radical (unpaired) electrons. The summed E-state index contributed by atoms with van der Waals surface area (Å²) in [5.41, 5.74) is 2.92. The molecule has 3 rings (SSSR count). The van der Waals surface area contributed by atoms with E-state index >= 15 is 0 Å². The molecule has 102 valence electrons. The Bertz CT molecular complexity index is 687. The third-order valence-corrected chi connectivity index (χ3v) is 3.36. The predicted octanol–water partition coefficient (Wildman–Crippen LogP) is 3.55. The highest BCUT2D eigenvalue weighted by Gasteiger charge is 2.07. The fraction of sp³-hybridized carbons (Fsp3) is 0.188. The molecule has 0 bridgehead atoms. The van der Waals surface area contributed by atoms with E-state index in [0.29, 0.717) is 6.54 Å². The average Bonchev–Trinajstić information content (AvgIpc) is 2.87. The van der Waals surface area contributed by atoms with Gasteiger partial charge in [-0.15, -0.1) is 0 Å². The molecule has 2 aromatic carbocycles. The quantitative estimate of drug-likeness (QED) is 0.760. The number of nitrogens with one attached hydrogen (secondary N) is 2. The molecule has 0 amide bonds. The molecule has 0 fully saturated rings. The third kappa shape index (κ3) is 2.70. The summed E-state index contributed by atoms with van der Waals surface area (Å²) in [6.07, 6.45) is 0. The van der Waals surface area contributed by atoms with Crippen LogP contribution >= 0.6 is 0 Å². The van der Waals surface area contributed by atoms with Crippen molar-refractivity contribution in [2.24, 2.45) is 0 Å². The van der Waals surface area contributed by atoms with Crippen LogP contribution in [0, 0.1) is 5.82 Å². The van der Waals surface area contributed by atoms with Crippen LogP contribution in [-0.4, -0.2) is 9.97 Å². The van der Waals surface area contributed by atoms with E-state index in [1.54, 1.807) is 12.1 Å². The lowest BCUT2D eigenvalue weighted by Crippen LogP contribution is -2.18. The number of fused-ring (bicyclic) bond motifs is 1. The lowest BCUT2D eigenvalue weighted by molar-refractivity contribution is 0.555. The molecule has 1 aromatic heterocycles. The highest BCUT2D eigenvalue weighted by atomic mass is 19.1. The van der Waals surface area contributed by atoms with Crippen molar-refractivity contribution in [2.75, 3.05) is 0 Å². The monoisotopic (exact) mass is 269 g/mol. The number of benzene rings is 2. The van der Waals surface area contributed by atoms with Gasteiger partial charge in [0, 0.05) is 6.04 Å². The summed E-state index contributed by atoms with van der Waals surface area (Å²) in [5.74, 6) is 0.675. The van der Waals surface area contributed by atoms with Crippen molar-refractivity contribution in [2.45, 2.75) is 19.5 Å². The molecule has 0 aliphatic rings. The number of nitrogens with zero attached hydrogens (tertiary/aromatic N) is 1. The molecule has 3 aromatic rings. The Labute approximate surface area is 116 Å². The number of imidazole rings is 1. The number of H-pyrrole nitrogens is 1. The molecule has 1 heterocycles. The first-order valence-corrected chi connectivity index (χ1v) is 6.65. The predicted molar refractivity (Wildman–Crippen MR) is 77.7 cm³/mol. The first-order chi connectivity index (χ1) is 9.72. The van der Waals surface area contributed by atoms with Crippen molar-refractivity contribution < 1.29 is 4.39 Å². The smallest absolute Gasteiger partial charge is 0.123 e. The molecular formula is C16H16FN3. The molecular weight excluding hydrogens is 253 g/mol. The van der Waals surface area contributed by atoms with E-state index in [9.17, 15) is 4.39 Å². The van der Waals surface area contributed by atoms with Gasteiger partial charge in [-0.05, 0) is 36.8 Å². The highest BCUT2D eigenvalue weighted by Crippen LogP contribution is 2.15. The Hall–Kier alpha value is -2.20. The van der Waals surface area contributed by atoms with Crippen molar-refractivity contribution in [3.05, 3.63) is 65.7 Å². The van der Waals surface area contributed by atoms with Crippen molar-refractivity contribution in [1.82, 2.24) is 15.3 Å². The van der Waals surface area contributed by atoms with Crippen molar-refractivity contribution in [3.8, 4) is 0 Å². The van der Waals surface area contributed by atoms with Gasteiger partial charge in [-0.2, -0.15) is 0 Å². The number of para-hydroxylation sites is 2. The van der Waals surface area contributed by atoms with Gasteiger partial charge in [0.1, 0.15) is 11.6 Å². The maximum Gasteiger partial charge on any atom is 0.123 e. The van der Waals surface area contributed by atoms with E-state index in [2.05, 4.69) is 15.3 Å². The minimum atomic E-state index is -0.208. The van der Waals surface area contributed by atoms with Crippen LogP contribution in [0.2, 0.25) is 0 Å². The average molecular weight is 269 g/mol. The zero-order valence-corrected chi connectivity index (χ0v) is 11.2. The molecule has 0 saturated carbocycles. The zero-order valence-electron chi connectivity index (χ0n) is 11.2. The maximum absolute atomic E-state index is 13.2. The summed E-state index contributed by atoms with van der Waals surface area (Å²) < 4.78 is 13.2. The third-order valence-electron chi connectivity index (χ3n) is 3.36.